The van der Waals surface area contributed by atoms with Gasteiger partial charge >= 0.3 is 0 Å². The summed E-state index contributed by atoms with van der Waals surface area (Å²) < 4.78 is 2.41. The summed E-state index contributed by atoms with van der Waals surface area (Å²) >= 11 is 0. The molecule has 0 fully saturated rings. The Morgan fingerprint density at radius 1 is 1.03 bits per heavy atom. The van der Waals surface area contributed by atoms with Crippen LogP contribution in [0.1, 0.15) is 96.3 Å². The largest absolute Gasteiger partial charge is 0.370 e. The third kappa shape index (κ3) is 9.35. The minimum atomic E-state index is -0.794. The van der Waals surface area contributed by atoms with Crippen LogP contribution in [-0.4, -0.2) is 58.3 Å². The van der Waals surface area contributed by atoms with Crippen LogP contribution in [0.3, 0.4) is 0 Å². The number of hydrogen-bond donors (Lipinski definition) is 3. The number of nitrogens with two attached hydrogens (primary N) is 2. The fraction of sp³-hybridized carbons (Fsp3) is 0.769. The molecular formula is C26H48N5O+. The number of fused-ring (bicyclic) bond motifs is 1. The standard InChI is InChI=1S/C26H48N5O/c1-2-3-4-5-6-7-8-9-10-11-12-13-18-26(32)19-17-24-30(22-16-23-31(24)26)21-15-14-20-29-25(27)28/h2,17,19,32H,1,3-16,18,20-23H2,(H4,27,28,29)/q+1/t26-/m0/s1. The van der Waals surface area contributed by atoms with E-state index in [0.717, 1.165) is 58.2 Å². The zero-order chi connectivity index (χ0) is 23.1. The second-order valence-electron chi connectivity index (χ2n) is 9.44. The van der Waals surface area contributed by atoms with E-state index in [2.05, 4.69) is 27.1 Å². The van der Waals surface area contributed by atoms with E-state index in [1.54, 1.807) is 0 Å². The maximum Gasteiger partial charge on any atom is 0.274 e. The topological polar surface area (TPSA) is 90.9 Å². The van der Waals surface area contributed by atoms with Crippen molar-refractivity contribution in [3.8, 4) is 0 Å². The number of nitrogens with zero attached hydrogens (tertiary/aromatic N) is 3. The lowest BCUT2D eigenvalue weighted by Gasteiger charge is -2.32. The van der Waals surface area contributed by atoms with E-state index >= 15 is 0 Å². The van der Waals surface area contributed by atoms with Gasteiger partial charge in [0, 0.05) is 25.5 Å². The highest BCUT2D eigenvalue weighted by Crippen LogP contribution is 2.30. The normalized spacial score (nSPS) is 20.0. The molecule has 0 amide bonds. The number of guanidine groups is 1. The van der Waals surface area contributed by atoms with Crippen LogP contribution in [0.2, 0.25) is 0 Å². The van der Waals surface area contributed by atoms with Crippen LogP contribution in [0, 0.1) is 0 Å². The van der Waals surface area contributed by atoms with Crippen molar-refractivity contribution in [3.63, 3.8) is 0 Å². The van der Waals surface area contributed by atoms with Crippen LogP contribution in [-0.2, 0) is 0 Å². The smallest absolute Gasteiger partial charge is 0.274 e. The predicted octanol–water partition coefficient (Wildman–Crippen LogP) is 4.28. The molecule has 182 valence electrons. The number of allylic oxidation sites excluding steroid dienone is 1. The van der Waals surface area contributed by atoms with Crippen molar-refractivity contribution in [3.05, 3.63) is 24.8 Å². The number of aliphatic imine (C=N–C) groups is 1. The molecule has 0 aromatic carbocycles. The Kier molecular flexibility index (Phi) is 12.5. The van der Waals surface area contributed by atoms with Gasteiger partial charge in [0.1, 0.15) is 0 Å². The molecule has 0 spiro atoms. The van der Waals surface area contributed by atoms with Crippen molar-refractivity contribution in [2.24, 2.45) is 16.5 Å². The molecule has 0 radical (unpaired) electrons. The summed E-state index contributed by atoms with van der Waals surface area (Å²) in [6.07, 6.45) is 24.3. The van der Waals surface area contributed by atoms with E-state index in [0.29, 0.717) is 6.54 Å². The summed E-state index contributed by atoms with van der Waals surface area (Å²) in [7, 11) is 0. The van der Waals surface area contributed by atoms with Crippen molar-refractivity contribution in [1.29, 1.82) is 0 Å². The molecule has 2 rings (SSSR count). The Morgan fingerprint density at radius 3 is 2.34 bits per heavy atom. The lowest BCUT2D eigenvalue weighted by molar-refractivity contribution is -0.539. The molecule has 6 heteroatoms. The lowest BCUT2D eigenvalue weighted by atomic mass is 10.0. The minimum Gasteiger partial charge on any atom is -0.370 e. The van der Waals surface area contributed by atoms with E-state index < -0.39 is 5.72 Å². The van der Waals surface area contributed by atoms with E-state index in [1.165, 1.54) is 63.6 Å². The number of amidine groups is 1. The highest BCUT2D eigenvalue weighted by Gasteiger charge is 2.46. The van der Waals surface area contributed by atoms with Gasteiger partial charge in [-0.2, -0.15) is 0 Å². The minimum absolute atomic E-state index is 0.169. The van der Waals surface area contributed by atoms with Gasteiger partial charge in [-0.3, -0.25) is 9.57 Å². The van der Waals surface area contributed by atoms with Crippen molar-refractivity contribution < 1.29 is 9.68 Å². The molecule has 2 aliphatic heterocycles. The maximum absolute atomic E-state index is 11.3. The Hall–Kier alpha value is -1.82. The molecule has 6 nitrogen and oxygen atoms in total. The van der Waals surface area contributed by atoms with Crippen LogP contribution in [0.5, 0.6) is 0 Å². The first-order chi connectivity index (χ1) is 15.6. The molecule has 0 aromatic rings. The maximum atomic E-state index is 11.3. The van der Waals surface area contributed by atoms with Crippen LogP contribution >= 0.6 is 0 Å². The van der Waals surface area contributed by atoms with Gasteiger partial charge in [0.05, 0.1) is 19.6 Å². The third-order valence-corrected chi connectivity index (χ3v) is 6.71. The van der Waals surface area contributed by atoms with E-state index in [9.17, 15) is 5.11 Å². The first kappa shape index (κ1) is 26.4. The number of hydrogen-bond acceptors (Lipinski definition) is 3. The molecule has 2 aliphatic rings. The molecule has 0 saturated heterocycles. The van der Waals surface area contributed by atoms with Crippen LogP contribution < -0.4 is 11.5 Å². The van der Waals surface area contributed by atoms with Crippen molar-refractivity contribution >= 4 is 11.8 Å². The van der Waals surface area contributed by atoms with Gasteiger partial charge in [0.15, 0.2) is 5.96 Å². The first-order valence-electron chi connectivity index (χ1n) is 13.0. The van der Waals surface area contributed by atoms with Crippen LogP contribution in [0.4, 0.5) is 0 Å². The van der Waals surface area contributed by atoms with Gasteiger partial charge < -0.3 is 16.6 Å². The van der Waals surface area contributed by atoms with Crippen molar-refractivity contribution in [1.82, 2.24) is 4.90 Å². The van der Waals surface area contributed by atoms with Gasteiger partial charge in [0.2, 0.25) is 5.72 Å². The van der Waals surface area contributed by atoms with Gasteiger partial charge in [-0.1, -0.05) is 57.4 Å². The van der Waals surface area contributed by atoms with E-state index in [4.69, 9.17) is 11.5 Å². The Balaban J connectivity index is 1.60. The second kappa shape index (κ2) is 15.1. The van der Waals surface area contributed by atoms with Crippen molar-refractivity contribution in [2.75, 3.05) is 26.2 Å². The quantitative estimate of drug-likeness (QED) is 0.0963. The summed E-state index contributed by atoms with van der Waals surface area (Å²) in [5, 5.41) is 11.3. The van der Waals surface area contributed by atoms with E-state index in [1.807, 2.05) is 12.2 Å². The Labute approximate surface area is 196 Å². The number of rotatable bonds is 18. The average molecular weight is 447 g/mol. The Morgan fingerprint density at radius 2 is 1.69 bits per heavy atom. The molecule has 0 bridgehead atoms. The summed E-state index contributed by atoms with van der Waals surface area (Å²) in [5.74, 6) is 1.36. The first-order valence-corrected chi connectivity index (χ1v) is 13.0. The Bertz CT molecular complexity index is 638. The average Bonchev–Trinajstić information content (AvgIpc) is 3.12. The summed E-state index contributed by atoms with van der Waals surface area (Å²) in [5.41, 5.74) is 9.98. The number of unbranched alkanes of at least 4 members (excludes halogenated alkanes) is 11. The summed E-state index contributed by atoms with van der Waals surface area (Å²) in [6.45, 7) is 7.45. The molecule has 32 heavy (non-hydrogen) atoms. The van der Waals surface area contributed by atoms with Crippen LogP contribution in [0.15, 0.2) is 29.8 Å². The van der Waals surface area contributed by atoms with Crippen molar-refractivity contribution in [2.45, 2.75) is 102 Å². The molecule has 5 N–H and O–H groups in total. The molecule has 1 atom stereocenters. The summed E-state index contributed by atoms with van der Waals surface area (Å²) in [4.78, 5) is 6.28. The second-order valence-corrected chi connectivity index (χ2v) is 9.44. The lowest BCUT2D eigenvalue weighted by Crippen LogP contribution is -2.52. The molecule has 0 saturated carbocycles. The molecule has 0 aromatic heterocycles. The fourth-order valence-corrected chi connectivity index (χ4v) is 4.86. The molecule has 2 heterocycles. The predicted molar refractivity (Wildman–Crippen MR) is 136 cm³/mol. The highest BCUT2D eigenvalue weighted by molar-refractivity contribution is 5.92. The van der Waals surface area contributed by atoms with E-state index in [-0.39, 0.29) is 5.96 Å². The zero-order valence-electron chi connectivity index (χ0n) is 20.3. The highest BCUT2D eigenvalue weighted by atomic mass is 16.3. The fourth-order valence-electron chi connectivity index (χ4n) is 4.86. The zero-order valence-corrected chi connectivity index (χ0v) is 20.3. The third-order valence-electron chi connectivity index (χ3n) is 6.71. The molecule has 0 aliphatic carbocycles. The molecular weight excluding hydrogens is 398 g/mol. The monoisotopic (exact) mass is 446 g/mol. The van der Waals surface area contributed by atoms with Gasteiger partial charge in [-0.15, -0.1) is 6.58 Å². The van der Waals surface area contributed by atoms with Gasteiger partial charge in [-0.05, 0) is 38.2 Å². The SMILES string of the molecule is C=CCCCCCCCCCCCC[C@]1(O)C=CC2=[N+](CCCCN=C(N)N)CCCN21. The molecule has 0 unspecified atom stereocenters. The van der Waals surface area contributed by atoms with Gasteiger partial charge in [-0.25, -0.2) is 4.90 Å². The van der Waals surface area contributed by atoms with Crippen LogP contribution in [0.25, 0.3) is 0 Å². The number of aliphatic hydroxyl groups is 1. The summed E-state index contributed by atoms with van der Waals surface area (Å²) in [6, 6.07) is 0. The van der Waals surface area contributed by atoms with Gasteiger partial charge in [0.25, 0.3) is 5.84 Å².